The van der Waals surface area contributed by atoms with Crippen LogP contribution in [0.3, 0.4) is 0 Å². The molecule has 0 spiro atoms. The molecule has 1 aromatic rings. The maximum atomic E-state index is 12.1. The van der Waals surface area contributed by atoms with Gasteiger partial charge in [-0.2, -0.15) is 5.26 Å². The Bertz CT molecular complexity index is 532. The summed E-state index contributed by atoms with van der Waals surface area (Å²) in [6.45, 7) is 4.13. The minimum absolute atomic E-state index is 0.0557. The number of nitrogens with zero attached hydrogens (tertiary/aromatic N) is 1. The van der Waals surface area contributed by atoms with E-state index in [1.807, 2.05) is 13.8 Å². The molecule has 0 radical (unpaired) electrons. The molecule has 1 aromatic carbocycles. The van der Waals surface area contributed by atoms with Crippen LogP contribution in [-0.2, 0) is 4.79 Å². The summed E-state index contributed by atoms with van der Waals surface area (Å²) >= 11 is 0. The lowest BCUT2D eigenvalue weighted by Crippen LogP contribution is -2.33. The van der Waals surface area contributed by atoms with E-state index in [-0.39, 0.29) is 18.6 Å². The number of hydrogen-bond acceptors (Lipinski definition) is 4. The maximum absolute atomic E-state index is 12.1. The number of carbonyl (C=O) groups excluding carboxylic acids is 1. The zero-order valence-electron chi connectivity index (χ0n) is 11.7. The van der Waals surface area contributed by atoms with Crippen molar-refractivity contribution in [2.75, 3.05) is 6.79 Å². The largest absolute Gasteiger partial charge is 0.454 e. The van der Waals surface area contributed by atoms with Crippen molar-refractivity contribution >= 4 is 5.91 Å². The van der Waals surface area contributed by atoms with Crippen LogP contribution in [0.25, 0.3) is 0 Å². The number of ether oxygens (including phenoxy) is 2. The molecule has 0 saturated carbocycles. The Morgan fingerprint density at radius 1 is 1.35 bits per heavy atom. The molecule has 0 fully saturated rings. The highest BCUT2D eigenvalue weighted by Crippen LogP contribution is 2.34. The molecule has 1 atom stereocenters. The number of benzene rings is 1. The van der Waals surface area contributed by atoms with Crippen molar-refractivity contribution in [3.63, 3.8) is 0 Å². The highest BCUT2D eigenvalue weighted by atomic mass is 16.7. The highest BCUT2D eigenvalue weighted by molar-refractivity contribution is 5.79. The second kappa shape index (κ2) is 6.29. The number of amides is 1. The average Bonchev–Trinajstić information content (AvgIpc) is 2.93. The summed E-state index contributed by atoms with van der Waals surface area (Å²) in [6, 6.07) is 6.71. The molecule has 1 aliphatic heterocycles. The van der Waals surface area contributed by atoms with Gasteiger partial charge in [0.05, 0.1) is 6.07 Å². The van der Waals surface area contributed by atoms with Gasteiger partial charge in [-0.25, -0.2) is 0 Å². The first-order chi connectivity index (χ1) is 9.69. The highest BCUT2D eigenvalue weighted by Gasteiger charge is 2.22. The molecule has 20 heavy (non-hydrogen) atoms. The standard InChI is InChI=1S/C15H18N2O3/c1-3-10(4-2)15(18)17-12(8-16)11-5-6-13-14(7-11)20-9-19-13/h5-7,10,12H,3-4,9H2,1-2H3,(H,17,18). The van der Waals surface area contributed by atoms with Gasteiger partial charge in [0, 0.05) is 5.92 Å². The average molecular weight is 274 g/mol. The Morgan fingerprint density at radius 3 is 2.70 bits per heavy atom. The molecule has 106 valence electrons. The molecular formula is C15H18N2O3. The van der Waals surface area contributed by atoms with E-state index in [9.17, 15) is 10.1 Å². The van der Waals surface area contributed by atoms with Gasteiger partial charge >= 0.3 is 0 Å². The summed E-state index contributed by atoms with van der Waals surface area (Å²) in [5.41, 5.74) is 0.705. The van der Waals surface area contributed by atoms with Crippen LogP contribution in [0.1, 0.15) is 38.3 Å². The molecule has 5 nitrogen and oxygen atoms in total. The quantitative estimate of drug-likeness (QED) is 0.895. The summed E-state index contributed by atoms with van der Waals surface area (Å²) < 4.78 is 10.5. The normalized spacial score (nSPS) is 13.9. The van der Waals surface area contributed by atoms with E-state index in [2.05, 4.69) is 11.4 Å². The van der Waals surface area contributed by atoms with Gasteiger partial charge in [0.1, 0.15) is 6.04 Å². The summed E-state index contributed by atoms with van der Waals surface area (Å²) in [6.07, 6.45) is 1.53. The Labute approximate surface area is 118 Å². The lowest BCUT2D eigenvalue weighted by molar-refractivity contribution is -0.125. The monoisotopic (exact) mass is 274 g/mol. The van der Waals surface area contributed by atoms with E-state index in [1.54, 1.807) is 18.2 Å². The van der Waals surface area contributed by atoms with Crippen molar-refractivity contribution < 1.29 is 14.3 Å². The van der Waals surface area contributed by atoms with Crippen LogP contribution in [0.15, 0.2) is 18.2 Å². The van der Waals surface area contributed by atoms with Crippen LogP contribution >= 0.6 is 0 Å². The van der Waals surface area contributed by atoms with Crippen LogP contribution in [-0.4, -0.2) is 12.7 Å². The zero-order chi connectivity index (χ0) is 14.5. The van der Waals surface area contributed by atoms with Gasteiger partial charge in [0.25, 0.3) is 0 Å². The van der Waals surface area contributed by atoms with Crippen LogP contribution < -0.4 is 14.8 Å². The molecule has 1 aliphatic rings. The molecule has 0 saturated heterocycles. The SMILES string of the molecule is CCC(CC)C(=O)NC(C#N)c1ccc2c(c1)OCO2. The molecule has 1 amide bonds. The number of nitrogens with one attached hydrogen (secondary N) is 1. The molecule has 0 aromatic heterocycles. The van der Waals surface area contributed by atoms with Crippen molar-refractivity contribution in [2.45, 2.75) is 32.7 Å². The van der Waals surface area contributed by atoms with E-state index in [1.165, 1.54) is 0 Å². The smallest absolute Gasteiger partial charge is 0.231 e. The fraction of sp³-hybridized carbons (Fsp3) is 0.467. The number of fused-ring (bicyclic) bond motifs is 1. The number of rotatable bonds is 5. The Kier molecular flexibility index (Phi) is 4.46. The first-order valence-electron chi connectivity index (χ1n) is 6.79. The summed E-state index contributed by atoms with van der Waals surface area (Å²) in [5.74, 6) is 1.13. The van der Waals surface area contributed by atoms with Crippen molar-refractivity contribution in [3.05, 3.63) is 23.8 Å². The third-order valence-electron chi connectivity index (χ3n) is 3.50. The molecular weight excluding hydrogens is 256 g/mol. The van der Waals surface area contributed by atoms with Crippen LogP contribution in [0, 0.1) is 17.2 Å². The van der Waals surface area contributed by atoms with Gasteiger partial charge in [-0.15, -0.1) is 0 Å². The molecule has 1 heterocycles. The maximum Gasteiger partial charge on any atom is 0.231 e. The summed E-state index contributed by atoms with van der Waals surface area (Å²) in [5, 5.41) is 12.0. The van der Waals surface area contributed by atoms with Crippen LogP contribution in [0.2, 0.25) is 0 Å². The van der Waals surface area contributed by atoms with Crippen molar-refractivity contribution in [1.82, 2.24) is 5.32 Å². The lowest BCUT2D eigenvalue weighted by atomic mass is 10.0. The van der Waals surface area contributed by atoms with E-state index >= 15 is 0 Å². The summed E-state index contributed by atoms with van der Waals surface area (Å²) in [7, 11) is 0. The molecule has 1 unspecified atom stereocenters. The molecule has 1 N–H and O–H groups in total. The molecule has 0 bridgehead atoms. The van der Waals surface area contributed by atoms with E-state index in [0.717, 1.165) is 12.8 Å². The Hall–Kier alpha value is -2.22. The van der Waals surface area contributed by atoms with Gasteiger partial charge in [0.2, 0.25) is 12.7 Å². The lowest BCUT2D eigenvalue weighted by Gasteiger charge is -2.17. The topological polar surface area (TPSA) is 71.4 Å². The predicted octanol–water partition coefficient (Wildman–Crippen LogP) is 2.53. The fourth-order valence-corrected chi connectivity index (χ4v) is 2.20. The van der Waals surface area contributed by atoms with Crippen molar-refractivity contribution in [1.29, 1.82) is 5.26 Å². The molecule has 0 aliphatic carbocycles. The zero-order valence-corrected chi connectivity index (χ0v) is 11.7. The minimum atomic E-state index is -0.669. The second-order valence-corrected chi connectivity index (χ2v) is 4.70. The Morgan fingerprint density at radius 2 is 2.05 bits per heavy atom. The fourth-order valence-electron chi connectivity index (χ4n) is 2.20. The van der Waals surface area contributed by atoms with Crippen LogP contribution in [0.4, 0.5) is 0 Å². The van der Waals surface area contributed by atoms with E-state index in [0.29, 0.717) is 17.1 Å². The molecule has 5 heteroatoms. The van der Waals surface area contributed by atoms with Gasteiger partial charge in [0.15, 0.2) is 11.5 Å². The number of hydrogen-bond donors (Lipinski definition) is 1. The van der Waals surface area contributed by atoms with Gasteiger partial charge in [-0.05, 0) is 30.5 Å². The van der Waals surface area contributed by atoms with E-state index in [4.69, 9.17) is 9.47 Å². The first-order valence-corrected chi connectivity index (χ1v) is 6.79. The number of nitriles is 1. The number of carbonyl (C=O) groups is 1. The van der Waals surface area contributed by atoms with Crippen molar-refractivity contribution in [3.8, 4) is 17.6 Å². The van der Waals surface area contributed by atoms with Gasteiger partial charge < -0.3 is 14.8 Å². The van der Waals surface area contributed by atoms with E-state index < -0.39 is 6.04 Å². The van der Waals surface area contributed by atoms with Gasteiger partial charge in [-0.3, -0.25) is 4.79 Å². The predicted molar refractivity (Wildman–Crippen MR) is 73.1 cm³/mol. The van der Waals surface area contributed by atoms with Crippen LogP contribution in [0.5, 0.6) is 11.5 Å². The molecule has 2 rings (SSSR count). The Balaban J connectivity index is 2.13. The minimum Gasteiger partial charge on any atom is -0.454 e. The first kappa shape index (κ1) is 14.2. The second-order valence-electron chi connectivity index (χ2n) is 4.70. The third-order valence-corrected chi connectivity index (χ3v) is 3.50. The van der Waals surface area contributed by atoms with Gasteiger partial charge in [-0.1, -0.05) is 19.9 Å². The third kappa shape index (κ3) is 2.85. The summed E-state index contributed by atoms with van der Waals surface area (Å²) in [4.78, 5) is 12.1. The van der Waals surface area contributed by atoms with Crippen molar-refractivity contribution in [2.24, 2.45) is 5.92 Å².